The third kappa shape index (κ3) is 4.95. The summed E-state index contributed by atoms with van der Waals surface area (Å²) in [5.74, 6) is -1.42. The number of rotatable bonds is 4. The van der Waals surface area contributed by atoms with Crippen LogP contribution in [0.25, 0.3) is 0 Å². The van der Waals surface area contributed by atoms with E-state index in [1.807, 2.05) is 20.8 Å². The van der Waals surface area contributed by atoms with Crippen molar-refractivity contribution in [2.24, 2.45) is 0 Å². The molecule has 0 spiro atoms. The fourth-order valence-electron chi connectivity index (χ4n) is 1.41. The molecule has 0 atom stereocenters. The van der Waals surface area contributed by atoms with Gasteiger partial charge in [-0.25, -0.2) is 9.78 Å². The van der Waals surface area contributed by atoms with Crippen molar-refractivity contribution in [2.75, 3.05) is 6.61 Å². The second-order valence-electron chi connectivity index (χ2n) is 5.19. The molecule has 0 aliphatic heterocycles. The van der Waals surface area contributed by atoms with Crippen molar-refractivity contribution in [1.29, 1.82) is 0 Å². The van der Waals surface area contributed by atoms with E-state index in [4.69, 9.17) is 9.84 Å². The van der Waals surface area contributed by atoms with Gasteiger partial charge < -0.3 is 15.2 Å². The number of aromatic nitrogens is 1. The van der Waals surface area contributed by atoms with E-state index in [2.05, 4.69) is 10.3 Å². The third-order valence-corrected chi connectivity index (χ3v) is 2.07. The number of carbonyl (C=O) groups excluding carboxylic acids is 1. The number of aryl methyl sites for hydroxylation is 1. The summed E-state index contributed by atoms with van der Waals surface area (Å²) in [6, 6.07) is 3.12. The van der Waals surface area contributed by atoms with Gasteiger partial charge in [-0.3, -0.25) is 4.79 Å². The Balaban J connectivity index is 2.73. The fraction of sp³-hybridized carbons (Fsp3) is 0.462. The number of nitrogens with one attached hydrogen (secondary N) is 1. The van der Waals surface area contributed by atoms with Gasteiger partial charge >= 0.3 is 5.97 Å². The number of carbonyl (C=O) groups is 2. The molecule has 1 amide bonds. The summed E-state index contributed by atoms with van der Waals surface area (Å²) in [6.45, 7) is 6.98. The van der Waals surface area contributed by atoms with Crippen LogP contribution in [0.5, 0.6) is 5.75 Å². The molecular weight excluding hydrogens is 248 g/mol. The minimum Gasteiger partial charge on any atom is -0.481 e. The molecule has 0 unspecified atom stereocenters. The maximum atomic E-state index is 11.6. The highest BCUT2D eigenvalue weighted by molar-refractivity contribution is 5.88. The van der Waals surface area contributed by atoms with Gasteiger partial charge in [0.15, 0.2) is 18.1 Å². The predicted octanol–water partition coefficient (Wildman–Crippen LogP) is 1.38. The van der Waals surface area contributed by atoms with E-state index in [1.54, 1.807) is 13.0 Å². The van der Waals surface area contributed by atoms with Crippen LogP contribution < -0.4 is 10.1 Å². The molecule has 6 heteroatoms. The maximum absolute atomic E-state index is 11.6. The lowest BCUT2D eigenvalue weighted by molar-refractivity contribution is -0.124. The number of hydrogen-bond acceptors (Lipinski definition) is 4. The number of ether oxygens (including phenoxy) is 1. The normalized spacial score (nSPS) is 10.9. The minimum absolute atomic E-state index is 0.0853. The molecule has 1 heterocycles. The standard InChI is InChI=1S/C13H18N2O4/c1-8-5-6-9(11(14-8)12(17)18)19-7-10(16)15-13(2,3)4/h5-6H,7H2,1-4H3,(H,15,16)(H,17,18). The molecule has 0 saturated heterocycles. The monoisotopic (exact) mass is 266 g/mol. The second kappa shape index (κ2) is 5.69. The summed E-state index contributed by atoms with van der Waals surface area (Å²) in [5, 5.41) is 11.7. The van der Waals surface area contributed by atoms with Crippen LogP contribution >= 0.6 is 0 Å². The number of nitrogens with zero attached hydrogens (tertiary/aromatic N) is 1. The first kappa shape index (κ1) is 14.9. The molecule has 2 N–H and O–H groups in total. The number of pyridine rings is 1. The molecule has 0 aliphatic rings. The number of carboxylic acid groups (broad SMARTS) is 1. The highest BCUT2D eigenvalue weighted by atomic mass is 16.5. The van der Waals surface area contributed by atoms with E-state index >= 15 is 0 Å². The summed E-state index contributed by atoms with van der Waals surface area (Å²) in [5.41, 5.74) is 0.0224. The van der Waals surface area contributed by atoms with Crippen LogP contribution in [0, 0.1) is 6.92 Å². The van der Waals surface area contributed by atoms with Crippen molar-refractivity contribution in [3.05, 3.63) is 23.5 Å². The average molecular weight is 266 g/mol. The topological polar surface area (TPSA) is 88.5 Å². The Kier molecular flexibility index (Phi) is 4.47. The Morgan fingerprint density at radius 2 is 2.00 bits per heavy atom. The Bertz CT molecular complexity index is 492. The van der Waals surface area contributed by atoms with Crippen molar-refractivity contribution in [2.45, 2.75) is 33.2 Å². The first-order valence-corrected chi connectivity index (χ1v) is 5.84. The summed E-state index contributed by atoms with van der Waals surface area (Å²) < 4.78 is 5.21. The number of hydrogen-bond donors (Lipinski definition) is 2. The molecule has 0 aliphatic carbocycles. The molecule has 0 saturated carbocycles. The van der Waals surface area contributed by atoms with E-state index < -0.39 is 5.97 Å². The Morgan fingerprint density at radius 3 is 2.53 bits per heavy atom. The van der Waals surface area contributed by atoms with E-state index in [1.165, 1.54) is 6.07 Å². The van der Waals surface area contributed by atoms with Gasteiger partial charge in [-0.05, 0) is 39.8 Å². The highest BCUT2D eigenvalue weighted by Crippen LogP contribution is 2.16. The molecule has 0 aromatic carbocycles. The number of aromatic carboxylic acids is 1. The SMILES string of the molecule is Cc1ccc(OCC(=O)NC(C)(C)C)c(C(=O)O)n1. The largest absolute Gasteiger partial charge is 0.481 e. The van der Waals surface area contributed by atoms with Gasteiger partial charge in [0, 0.05) is 11.2 Å². The first-order chi connectivity index (χ1) is 8.69. The summed E-state index contributed by atoms with van der Waals surface area (Å²) in [7, 11) is 0. The van der Waals surface area contributed by atoms with Crippen molar-refractivity contribution < 1.29 is 19.4 Å². The van der Waals surface area contributed by atoms with Gasteiger partial charge in [0.2, 0.25) is 0 Å². The van der Waals surface area contributed by atoms with Crippen LogP contribution in [0.15, 0.2) is 12.1 Å². The van der Waals surface area contributed by atoms with Gasteiger partial charge in [-0.1, -0.05) is 0 Å². The van der Waals surface area contributed by atoms with E-state index in [0.29, 0.717) is 5.69 Å². The van der Waals surface area contributed by atoms with Gasteiger partial charge in [0.05, 0.1) is 0 Å². The van der Waals surface area contributed by atoms with Crippen LogP contribution in [-0.4, -0.2) is 34.1 Å². The van der Waals surface area contributed by atoms with Crippen LogP contribution in [0.2, 0.25) is 0 Å². The molecule has 19 heavy (non-hydrogen) atoms. The highest BCUT2D eigenvalue weighted by Gasteiger charge is 2.17. The fourth-order valence-corrected chi connectivity index (χ4v) is 1.41. The van der Waals surface area contributed by atoms with Gasteiger partial charge in [-0.2, -0.15) is 0 Å². The minimum atomic E-state index is -1.19. The predicted molar refractivity (Wildman–Crippen MR) is 69.3 cm³/mol. The van der Waals surface area contributed by atoms with Gasteiger partial charge in [0.25, 0.3) is 5.91 Å². The van der Waals surface area contributed by atoms with Crippen molar-refractivity contribution in [1.82, 2.24) is 10.3 Å². The van der Waals surface area contributed by atoms with Crippen molar-refractivity contribution in [3.63, 3.8) is 0 Å². The Hall–Kier alpha value is -2.11. The van der Waals surface area contributed by atoms with Crippen molar-refractivity contribution >= 4 is 11.9 Å². The van der Waals surface area contributed by atoms with Gasteiger partial charge in [-0.15, -0.1) is 0 Å². The third-order valence-electron chi connectivity index (χ3n) is 2.07. The summed E-state index contributed by atoms with van der Waals surface area (Å²) in [6.07, 6.45) is 0. The van der Waals surface area contributed by atoms with E-state index in [9.17, 15) is 9.59 Å². The quantitative estimate of drug-likeness (QED) is 0.859. The lowest BCUT2D eigenvalue weighted by atomic mass is 10.1. The summed E-state index contributed by atoms with van der Waals surface area (Å²) in [4.78, 5) is 26.4. The smallest absolute Gasteiger partial charge is 0.358 e. The zero-order valence-electron chi connectivity index (χ0n) is 11.5. The molecule has 1 rings (SSSR count). The maximum Gasteiger partial charge on any atom is 0.358 e. The van der Waals surface area contributed by atoms with Crippen LogP contribution in [0.4, 0.5) is 0 Å². The molecule has 1 aromatic rings. The molecule has 0 radical (unpaired) electrons. The van der Waals surface area contributed by atoms with E-state index in [0.717, 1.165) is 0 Å². The zero-order chi connectivity index (χ0) is 14.6. The molecule has 1 aromatic heterocycles. The average Bonchev–Trinajstić information content (AvgIpc) is 2.24. The van der Waals surface area contributed by atoms with Crippen LogP contribution in [0.3, 0.4) is 0 Å². The lowest BCUT2D eigenvalue weighted by Crippen LogP contribution is -2.43. The van der Waals surface area contributed by atoms with Crippen molar-refractivity contribution in [3.8, 4) is 5.75 Å². The molecular formula is C13H18N2O4. The number of amides is 1. The zero-order valence-corrected chi connectivity index (χ0v) is 11.5. The second-order valence-corrected chi connectivity index (χ2v) is 5.19. The molecule has 6 nitrogen and oxygen atoms in total. The summed E-state index contributed by atoms with van der Waals surface area (Å²) >= 11 is 0. The lowest BCUT2D eigenvalue weighted by Gasteiger charge is -2.20. The molecule has 104 valence electrons. The Labute approximate surface area is 111 Å². The molecule has 0 fully saturated rings. The van der Waals surface area contributed by atoms with Crippen LogP contribution in [0.1, 0.15) is 37.0 Å². The number of carboxylic acids is 1. The first-order valence-electron chi connectivity index (χ1n) is 5.84. The van der Waals surface area contributed by atoms with Crippen LogP contribution in [-0.2, 0) is 4.79 Å². The van der Waals surface area contributed by atoms with E-state index in [-0.39, 0.29) is 29.5 Å². The Morgan fingerprint density at radius 1 is 1.37 bits per heavy atom. The molecule has 0 bridgehead atoms. The van der Waals surface area contributed by atoms with Gasteiger partial charge in [0.1, 0.15) is 0 Å².